The van der Waals surface area contributed by atoms with Gasteiger partial charge in [-0.15, -0.1) is 0 Å². The zero-order chi connectivity index (χ0) is 20.1. The van der Waals surface area contributed by atoms with Crippen LogP contribution < -0.4 is 9.62 Å². The summed E-state index contributed by atoms with van der Waals surface area (Å²) in [4.78, 5) is 12.2. The van der Waals surface area contributed by atoms with E-state index in [-0.39, 0.29) is 23.2 Å². The molecule has 1 rings (SSSR count). The van der Waals surface area contributed by atoms with E-state index in [2.05, 4.69) is 5.32 Å². The Morgan fingerprint density at radius 1 is 1.12 bits per heavy atom. The van der Waals surface area contributed by atoms with Gasteiger partial charge >= 0.3 is 0 Å². The van der Waals surface area contributed by atoms with Crippen molar-refractivity contribution in [3.8, 4) is 0 Å². The molecule has 10 heteroatoms. The summed E-state index contributed by atoms with van der Waals surface area (Å²) in [7, 11) is -4.51. The fourth-order valence-electron chi connectivity index (χ4n) is 2.35. The quantitative estimate of drug-likeness (QED) is 0.660. The molecule has 1 unspecified atom stereocenters. The molecule has 0 aliphatic carbocycles. The van der Waals surface area contributed by atoms with E-state index in [1.807, 2.05) is 13.8 Å². The van der Waals surface area contributed by atoms with Gasteiger partial charge in [0.25, 0.3) is 0 Å². The van der Waals surface area contributed by atoms with Gasteiger partial charge in [-0.3, -0.25) is 9.10 Å². The van der Waals surface area contributed by atoms with Gasteiger partial charge in [-0.05, 0) is 37.6 Å². The first-order valence-electron chi connectivity index (χ1n) is 8.19. The second-order valence-electron chi connectivity index (χ2n) is 6.31. The van der Waals surface area contributed by atoms with Crippen molar-refractivity contribution >= 4 is 31.6 Å². The maximum Gasteiger partial charge on any atom is 0.242 e. The lowest BCUT2D eigenvalue weighted by Gasteiger charge is -2.23. The van der Waals surface area contributed by atoms with Crippen LogP contribution in [0, 0.1) is 0 Å². The van der Waals surface area contributed by atoms with Crippen molar-refractivity contribution < 1.29 is 21.6 Å². The van der Waals surface area contributed by atoms with Crippen molar-refractivity contribution in [2.75, 3.05) is 31.2 Å². The zero-order valence-electron chi connectivity index (χ0n) is 15.8. The first-order valence-corrected chi connectivity index (χ1v) is 11.5. The van der Waals surface area contributed by atoms with Crippen molar-refractivity contribution in [1.29, 1.82) is 0 Å². The SMILES string of the molecule is CCCC(C)NC(=O)CN(c1ccc(S(=O)(=O)N(C)C)cc1)S(C)(=O)=O. The number of hydrogen-bond acceptors (Lipinski definition) is 5. The predicted octanol–water partition coefficient (Wildman–Crippen LogP) is 1.01. The van der Waals surface area contributed by atoms with Crippen LogP contribution in [0.2, 0.25) is 0 Å². The molecule has 0 saturated heterocycles. The van der Waals surface area contributed by atoms with Crippen molar-refractivity contribution in [2.45, 2.75) is 37.6 Å². The minimum atomic E-state index is -3.71. The molecule has 0 spiro atoms. The molecule has 0 bridgehead atoms. The van der Waals surface area contributed by atoms with E-state index in [0.29, 0.717) is 0 Å². The second kappa shape index (κ2) is 8.83. The van der Waals surface area contributed by atoms with Crippen molar-refractivity contribution in [1.82, 2.24) is 9.62 Å². The molecule has 1 aromatic rings. The third-order valence-electron chi connectivity index (χ3n) is 3.72. The number of rotatable bonds is 9. The fraction of sp³-hybridized carbons (Fsp3) is 0.562. The number of benzene rings is 1. The largest absolute Gasteiger partial charge is 0.352 e. The van der Waals surface area contributed by atoms with Crippen LogP contribution in [0.15, 0.2) is 29.2 Å². The van der Waals surface area contributed by atoms with Crippen LogP contribution in [-0.4, -0.2) is 60.0 Å². The molecule has 26 heavy (non-hydrogen) atoms. The normalized spacial score (nSPS) is 13.5. The minimum absolute atomic E-state index is 0.0423. The van der Waals surface area contributed by atoms with Gasteiger partial charge < -0.3 is 5.32 Å². The van der Waals surface area contributed by atoms with Gasteiger partial charge in [0.1, 0.15) is 6.54 Å². The van der Waals surface area contributed by atoms with Crippen LogP contribution in [0.4, 0.5) is 5.69 Å². The molecule has 0 saturated carbocycles. The maximum absolute atomic E-state index is 12.2. The Morgan fingerprint density at radius 2 is 1.65 bits per heavy atom. The number of nitrogens with zero attached hydrogens (tertiary/aromatic N) is 2. The number of amides is 1. The van der Waals surface area contributed by atoms with Gasteiger partial charge in [-0.25, -0.2) is 21.1 Å². The standard InChI is InChI=1S/C16H27N3O5S2/c1-6-7-13(2)17-16(20)12-19(25(5,21)22)14-8-10-15(11-9-14)26(23,24)18(3)4/h8-11,13H,6-7,12H2,1-5H3,(H,17,20). The second-order valence-corrected chi connectivity index (χ2v) is 10.4. The highest BCUT2D eigenvalue weighted by Crippen LogP contribution is 2.21. The molecule has 1 amide bonds. The Hall–Kier alpha value is -1.65. The Kier molecular flexibility index (Phi) is 7.60. The molecule has 0 heterocycles. The van der Waals surface area contributed by atoms with Crippen molar-refractivity contribution in [3.05, 3.63) is 24.3 Å². The molecule has 0 aliphatic rings. The summed E-state index contributed by atoms with van der Waals surface area (Å²) in [6.45, 7) is 3.48. The van der Waals surface area contributed by atoms with Crippen LogP contribution in [0.5, 0.6) is 0 Å². The molecule has 148 valence electrons. The summed E-state index contributed by atoms with van der Waals surface area (Å²) in [5.41, 5.74) is 0.225. The molecule has 8 nitrogen and oxygen atoms in total. The highest BCUT2D eigenvalue weighted by Gasteiger charge is 2.23. The summed E-state index contributed by atoms with van der Waals surface area (Å²) in [5, 5.41) is 2.76. The monoisotopic (exact) mass is 405 g/mol. The third kappa shape index (κ3) is 5.96. The van der Waals surface area contributed by atoms with Gasteiger partial charge in [-0.2, -0.15) is 0 Å². The van der Waals surface area contributed by atoms with Gasteiger partial charge in [-0.1, -0.05) is 13.3 Å². The van der Waals surface area contributed by atoms with Crippen molar-refractivity contribution in [3.63, 3.8) is 0 Å². The van der Waals surface area contributed by atoms with E-state index in [4.69, 9.17) is 0 Å². The van der Waals surface area contributed by atoms with E-state index < -0.39 is 26.0 Å². The summed E-state index contributed by atoms with van der Waals surface area (Å²) in [6, 6.07) is 5.34. The number of carbonyl (C=O) groups is 1. The van der Waals surface area contributed by atoms with Crippen LogP contribution in [-0.2, 0) is 24.8 Å². The maximum atomic E-state index is 12.2. The highest BCUT2D eigenvalue weighted by molar-refractivity contribution is 7.92. The predicted molar refractivity (Wildman–Crippen MR) is 102 cm³/mol. The number of sulfonamides is 2. The first kappa shape index (κ1) is 22.4. The Balaban J connectivity index is 3.07. The summed E-state index contributed by atoms with van der Waals surface area (Å²) < 4.78 is 50.4. The Morgan fingerprint density at radius 3 is 2.08 bits per heavy atom. The van der Waals surface area contributed by atoms with Crippen LogP contribution in [0.25, 0.3) is 0 Å². The number of nitrogens with one attached hydrogen (secondary N) is 1. The number of hydrogen-bond donors (Lipinski definition) is 1. The molecule has 0 aliphatic heterocycles. The smallest absolute Gasteiger partial charge is 0.242 e. The molecular formula is C16H27N3O5S2. The molecule has 1 N–H and O–H groups in total. The molecule has 0 aromatic heterocycles. The van der Waals surface area contributed by atoms with Gasteiger partial charge in [0, 0.05) is 20.1 Å². The summed E-state index contributed by atoms with van der Waals surface area (Å²) in [6.07, 6.45) is 2.70. The van der Waals surface area contributed by atoms with E-state index in [9.17, 15) is 21.6 Å². The van der Waals surface area contributed by atoms with Crippen LogP contribution in [0.3, 0.4) is 0 Å². The summed E-state index contributed by atoms with van der Waals surface area (Å²) in [5.74, 6) is -0.415. The average Bonchev–Trinajstić information content (AvgIpc) is 2.51. The fourth-order valence-corrected chi connectivity index (χ4v) is 4.11. The number of carbonyl (C=O) groups excluding carboxylic acids is 1. The molecule has 0 fully saturated rings. The number of anilines is 1. The van der Waals surface area contributed by atoms with Gasteiger partial charge in [0.2, 0.25) is 26.0 Å². The lowest BCUT2D eigenvalue weighted by atomic mass is 10.2. The zero-order valence-corrected chi connectivity index (χ0v) is 17.4. The Labute approximate surface area is 156 Å². The van der Waals surface area contributed by atoms with E-state index in [1.165, 1.54) is 38.4 Å². The van der Waals surface area contributed by atoms with E-state index >= 15 is 0 Å². The molecule has 0 radical (unpaired) electrons. The third-order valence-corrected chi connectivity index (χ3v) is 6.69. The van der Waals surface area contributed by atoms with Crippen LogP contribution >= 0.6 is 0 Å². The van der Waals surface area contributed by atoms with Gasteiger partial charge in [0.05, 0.1) is 16.8 Å². The van der Waals surface area contributed by atoms with Crippen molar-refractivity contribution in [2.24, 2.45) is 0 Å². The van der Waals surface area contributed by atoms with Crippen LogP contribution in [0.1, 0.15) is 26.7 Å². The van der Waals surface area contributed by atoms with E-state index in [1.54, 1.807) is 0 Å². The molecular weight excluding hydrogens is 378 g/mol. The minimum Gasteiger partial charge on any atom is -0.352 e. The lowest BCUT2D eigenvalue weighted by Crippen LogP contribution is -2.43. The first-order chi connectivity index (χ1) is 11.9. The average molecular weight is 406 g/mol. The van der Waals surface area contributed by atoms with E-state index in [0.717, 1.165) is 27.7 Å². The summed E-state index contributed by atoms with van der Waals surface area (Å²) >= 11 is 0. The molecule has 1 aromatic carbocycles. The Bertz CT molecular complexity index is 818. The van der Waals surface area contributed by atoms with Gasteiger partial charge in [0.15, 0.2) is 0 Å². The topological polar surface area (TPSA) is 104 Å². The lowest BCUT2D eigenvalue weighted by molar-refractivity contribution is -0.120. The molecule has 1 atom stereocenters. The highest BCUT2D eigenvalue weighted by atomic mass is 32.2.